The smallest absolute Gasteiger partial charge is 0.251 e. The molecule has 0 aliphatic rings. The van der Waals surface area contributed by atoms with Crippen LogP contribution in [-0.2, 0) is 6.42 Å². The summed E-state index contributed by atoms with van der Waals surface area (Å²) in [5, 5.41) is 19.4. The Kier molecular flexibility index (Phi) is 8.98. The number of aliphatic hydroxyl groups excluding tert-OH is 1. The third kappa shape index (κ3) is 7.12. The first-order valence-electron chi connectivity index (χ1n) is 9.72. The summed E-state index contributed by atoms with van der Waals surface area (Å²) < 4.78 is 5.14. The van der Waals surface area contributed by atoms with Gasteiger partial charge < -0.3 is 25.8 Å². The summed E-state index contributed by atoms with van der Waals surface area (Å²) in [7, 11) is 3.23. The zero-order valence-electron chi connectivity index (χ0n) is 17.2. The van der Waals surface area contributed by atoms with Gasteiger partial charge in [-0.15, -0.1) is 0 Å². The lowest BCUT2D eigenvalue weighted by molar-refractivity contribution is 0.0963. The van der Waals surface area contributed by atoms with E-state index < -0.39 is 6.10 Å². The third-order valence-corrected chi connectivity index (χ3v) is 4.39. The zero-order chi connectivity index (χ0) is 21.1. The number of guanidine groups is 1. The molecule has 0 radical (unpaired) electrons. The molecule has 1 atom stereocenters. The number of hydrogen-bond acceptors (Lipinski definition) is 4. The Morgan fingerprint density at radius 2 is 1.93 bits per heavy atom. The molecule has 0 heterocycles. The van der Waals surface area contributed by atoms with Crippen molar-refractivity contribution in [1.82, 2.24) is 16.0 Å². The molecule has 0 bridgehead atoms. The molecular weight excluding hydrogens is 368 g/mol. The first kappa shape index (κ1) is 22.2. The highest BCUT2D eigenvalue weighted by atomic mass is 16.5. The van der Waals surface area contributed by atoms with Gasteiger partial charge in [0.1, 0.15) is 5.75 Å². The second-order valence-electron chi connectivity index (χ2n) is 6.46. The van der Waals surface area contributed by atoms with Gasteiger partial charge >= 0.3 is 0 Å². The van der Waals surface area contributed by atoms with Crippen LogP contribution in [0.5, 0.6) is 5.75 Å². The summed E-state index contributed by atoms with van der Waals surface area (Å²) in [6.45, 7) is 3.61. The molecule has 0 aliphatic heterocycles. The second kappa shape index (κ2) is 11.7. The van der Waals surface area contributed by atoms with Crippen molar-refractivity contribution in [2.75, 3.05) is 33.8 Å². The Morgan fingerprint density at radius 3 is 2.59 bits per heavy atom. The molecule has 2 aromatic rings. The van der Waals surface area contributed by atoms with E-state index >= 15 is 0 Å². The Bertz CT molecular complexity index is 806. The van der Waals surface area contributed by atoms with E-state index in [1.807, 2.05) is 49.4 Å². The van der Waals surface area contributed by atoms with Crippen molar-refractivity contribution in [1.29, 1.82) is 0 Å². The van der Waals surface area contributed by atoms with Crippen LogP contribution in [0.2, 0.25) is 0 Å². The number of rotatable bonds is 9. The van der Waals surface area contributed by atoms with Gasteiger partial charge in [0.15, 0.2) is 5.96 Å². The molecule has 0 spiro atoms. The first-order valence-corrected chi connectivity index (χ1v) is 9.72. The number of aliphatic imine (C=N–C) groups is 1. The van der Waals surface area contributed by atoms with Crippen molar-refractivity contribution < 1.29 is 14.6 Å². The molecule has 156 valence electrons. The van der Waals surface area contributed by atoms with Gasteiger partial charge in [0, 0.05) is 25.7 Å². The average molecular weight is 399 g/mol. The van der Waals surface area contributed by atoms with Gasteiger partial charge in [-0.25, -0.2) is 0 Å². The minimum absolute atomic E-state index is 0.0952. The van der Waals surface area contributed by atoms with E-state index in [0.29, 0.717) is 18.1 Å². The van der Waals surface area contributed by atoms with Crippen molar-refractivity contribution in [3.8, 4) is 5.75 Å². The molecule has 7 nitrogen and oxygen atoms in total. The van der Waals surface area contributed by atoms with Gasteiger partial charge in [0.25, 0.3) is 5.91 Å². The highest BCUT2D eigenvalue weighted by Crippen LogP contribution is 2.17. The Morgan fingerprint density at radius 1 is 1.17 bits per heavy atom. The predicted molar refractivity (Wildman–Crippen MR) is 115 cm³/mol. The van der Waals surface area contributed by atoms with Gasteiger partial charge in [0.05, 0.1) is 19.8 Å². The summed E-state index contributed by atoms with van der Waals surface area (Å²) >= 11 is 0. The third-order valence-electron chi connectivity index (χ3n) is 4.39. The fourth-order valence-corrected chi connectivity index (χ4v) is 2.79. The standard InChI is InChI=1S/C22H30N4O3/c1-4-24-22(26-15-20(27)17-8-10-19(29-3)11-9-17)25-13-12-16-6-5-7-18(14-16)21(28)23-2/h5-11,14,20,27H,4,12-13,15H2,1-3H3,(H,23,28)(H2,24,25,26). The minimum atomic E-state index is -0.694. The monoisotopic (exact) mass is 398 g/mol. The van der Waals surface area contributed by atoms with E-state index in [4.69, 9.17) is 4.74 Å². The first-order chi connectivity index (χ1) is 14.1. The molecule has 7 heteroatoms. The lowest BCUT2D eigenvalue weighted by atomic mass is 10.1. The van der Waals surface area contributed by atoms with E-state index in [-0.39, 0.29) is 12.5 Å². The topological polar surface area (TPSA) is 95.0 Å². The Labute approximate surface area is 172 Å². The maximum absolute atomic E-state index is 11.7. The van der Waals surface area contributed by atoms with Gasteiger partial charge in [-0.3, -0.25) is 9.79 Å². The van der Waals surface area contributed by atoms with Crippen LogP contribution in [0.25, 0.3) is 0 Å². The molecule has 0 saturated carbocycles. The molecule has 29 heavy (non-hydrogen) atoms. The number of methoxy groups -OCH3 is 1. The molecular formula is C22H30N4O3. The molecule has 0 saturated heterocycles. The largest absolute Gasteiger partial charge is 0.497 e. The van der Waals surface area contributed by atoms with Crippen LogP contribution >= 0.6 is 0 Å². The number of benzene rings is 2. The number of carbonyl (C=O) groups excluding carboxylic acids is 1. The fourth-order valence-electron chi connectivity index (χ4n) is 2.79. The molecule has 1 unspecified atom stereocenters. The van der Waals surface area contributed by atoms with Crippen molar-refractivity contribution >= 4 is 11.9 Å². The average Bonchev–Trinajstić information content (AvgIpc) is 2.77. The lowest BCUT2D eigenvalue weighted by Gasteiger charge is -2.14. The predicted octanol–water partition coefficient (Wildman–Crippen LogP) is 1.89. The number of carbonyl (C=O) groups is 1. The molecule has 4 N–H and O–H groups in total. The van der Waals surface area contributed by atoms with E-state index in [1.165, 1.54) is 0 Å². The fraction of sp³-hybridized carbons (Fsp3) is 0.364. The van der Waals surface area contributed by atoms with E-state index in [1.54, 1.807) is 20.2 Å². The van der Waals surface area contributed by atoms with Crippen LogP contribution in [0.1, 0.15) is 34.5 Å². The van der Waals surface area contributed by atoms with Gasteiger partial charge in [-0.1, -0.05) is 24.3 Å². The summed E-state index contributed by atoms with van der Waals surface area (Å²) in [5.74, 6) is 1.30. The molecule has 2 rings (SSSR count). The SMILES string of the molecule is CCNC(=NCC(O)c1ccc(OC)cc1)NCCc1cccc(C(=O)NC)c1. The summed E-state index contributed by atoms with van der Waals surface area (Å²) in [4.78, 5) is 16.2. The second-order valence-corrected chi connectivity index (χ2v) is 6.46. The normalized spacial score (nSPS) is 12.2. The Balaban J connectivity index is 1.90. The van der Waals surface area contributed by atoms with E-state index in [2.05, 4.69) is 20.9 Å². The molecule has 0 fully saturated rings. The number of amides is 1. The van der Waals surface area contributed by atoms with Crippen LogP contribution in [0.3, 0.4) is 0 Å². The zero-order valence-corrected chi connectivity index (χ0v) is 17.2. The van der Waals surface area contributed by atoms with Gasteiger partial charge in [-0.2, -0.15) is 0 Å². The molecule has 2 aromatic carbocycles. The summed E-state index contributed by atoms with van der Waals surface area (Å²) in [5.41, 5.74) is 2.50. The molecule has 1 amide bonds. The van der Waals surface area contributed by atoms with Gasteiger partial charge in [-0.05, 0) is 48.7 Å². The minimum Gasteiger partial charge on any atom is -0.497 e. The number of nitrogens with one attached hydrogen (secondary N) is 3. The summed E-state index contributed by atoms with van der Waals surface area (Å²) in [6.07, 6.45) is 0.0524. The number of nitrogens with zero attached hydrogens (tertiary/aromatic N) is 1. The maximum atomic E-state index is 11.7. The van der Waals surface area contributed by atoms with Crippen LogP contribution < -0.4 is 20.7 Å². The van der Waals surface area contributed by atoms with Crippen LogP contribution in [-0.4, -0.2) is 50.8 Å². The van der Waals surface area contributed by atoms with Crippen molar-refractivity contribution in [2.24, 2.45) is 4.99 Å². The van der Waals surface area contributed by atoms with Crippen LogP contribution in [0.4, 0.5) is 0 Å². The van der Waals surface area contributed by atoms with E-state index in [9.17, 15) is 9.90 Å². The summed E-state index contributed by atoms with van der Waals surface area (Å²) in [6, 6.07) is 14.9. The molecule has 0 aliphatic carbocycles. The van der Waals surface area contributed by atoms with E-state index in [0.717, 1.165) is 29.8 Å². The van der Waals surface area contributed by atoms with Crippen molar-refractivity contribution in [3.05, 3.63) is 65.2 Å². The lowest BCUT2D eigenvalue weighted by Crippen LogP contribution is -2.38. The van der Waals surface area contributed by atoms with Crippen molar-refractivity contribution in [2.45, 2.75) is 19.4 Å². The highest BCUT2D eigenvalue weighted by molar-refractivity contribution is 5.94. The van der Waals surface area contributed by atoms with Crippen LogP contribution in [0.15, 0.2) is 53.5 Å². The van der Waals surface area contributed by atoms with Crippen molar-refractivity contribution in [3.63, 3.8) is 0 Å². The highest BCUT2D eigenvalue weighted by Gasteiger charge is 2.08. The number of hydrogen-bond donors (Lipinski definition) is 4. The number of ether oxygens (including phenoxy) is 1. The quantitative estimate of drug-likeness (QED) is 0.382. The number of aliphatic hydroxyl groups is 1. The molecule has 0 aromatic heterocycles. The van der Waals surface area contributed by atoms with Gasteiger partial charge in [0.2, 0.25) is 0 Å². The Hall–Kier alpha value is -3.06. The van der Waals surface area contributed by atoms with Crippen LogP contribution in [0, 0.1) is 0 Å². The maximum Gasteiger partial charge on any atom is 0.251 e.